The first-order valence-corrected chi connectivity index (χ1v) is 9.76. The number of nitrogen functional groups attached to an aromatic ring is 1. The molecule has 0 bridgehead atoms. The molecule has 0 aliphatic heterocycles. The van der Waals surface area contributed by atoms with Gasteiger partial charge < -0.3 is 26.0 Å². The van der Waals surface area contributed by atoms with Crippen molar-refractivity contribution in [1.29, 1.82) is 0 Å². The van der Waals surface area contributed by atoms with Crippen LogP contribution < -0.4 is 15.8 Å². The molecule has 0 radical (unpaired) electrons. The summed E-state index contributed by atoms with van der Waals surface area (Å²) >= 11 is 6.22. The van der Waals surface area contributed by atoms with E-state index >= 15 is 0 Å². The van der Waals surface area contributed by atoms with Gasteiger partial charge in [-0.25, -0.2) is 4.98 Å². The minimum atomic E-state index is -0.952. The van der Waals surface area contributed by atoms with Gasteiger partial charge in [0.25, 0.3) is 0 Å². The topological polar surface area (TPSA) is 126 Å². The molecule has 0 aliphatic carbocycles. The van der Waals surface area contributed by atoms with Crippen LogP contribution in [0.4, 0.5) is 11.8 Å². The van der Waals surface area contributed by atoms with Crippen molar-refractivity contribution in [2.24, 2.45) is 5.92 Å². The largest absolute Gasteiger partial charge is 0.478 e. The van der Waals surface area contributed by atoms with Crippen LogP contribution in [0.25, 0.3) is 0 Å². The van der Waals surface area contributed by atoms with Gasteiger partial charge in [0, 0.05) is 18.2 Å². The first-order chi connectivity index (χ1) is 13.9. The molecule has 2 unspecified atom stereocenters. The van der Waals surface area contributed by atoms with Crippen LogP contribution in [0.1, 0.15) is 43.5 Å². The van der Waals surface area contributed by atoms with Crippen molar-refractivity contribution in [3.63, 3.8) is 0 Å². The van der Waals surface area contributed by atoms with Crippen molar-refractivity contribution in [2.45, 2.75) is 39.8 Å². The Hall–Kier alpha value is -2.60. The Bertz CT molecular complexity index is 894. The standard InChI is InChI=1S/C20H26ClN5O3/c1-4-13(11-27)10-16(28)24-19-15(18(21)25-20(22)26-19)8-6-14-7-9-17(29-5-2)23-12(14)3/h7,9,13,16,27-28H,4-5,10-11H2,1-3H3,(H3,22,24,25,26). The van der Waals surface area contributed by atoms with Crippen LogP contribution in [0.5, 0.6) is 5.88 Å². The van der Waals surface area contributed by atoms with Crippen molar-refractivity contribution in [3.05, 3.63) is 34.1 Å². The monoisotopic (exact) mass is 419 g/mol. The third-order valence-corrected chi connectivity index (χ3v) is 4.53. The Kier molecular flexibility index (Phi) is 8.46. The molecular formula is C20H26ClN5O3. The van der Waals surface area contributed by atoms with Gasteiger partial charge in [0.1, 0.15) is 11.8 Å². The zero-order valence-electron chi connectivity index (χ0n) is 16.7. The average Bonchev–Trinajstić information content (AvgIpc) is 2.67. The molecule has 29 heavy (non-hydrogen) atoms. The number of aromatic nitrogens is 3. The summed E-state index contributed by atoms with van der Waals surface area (Å²) in [6.45, 7) is 6.18. The molecule has 0 saturated heterocycles. The van der Waals surface area contributed by atoms with Gasteiger partial charge in [-0.2, -0.15) is 9.97 Å². The summed E-state index contributed by atoms with van der Waals surface area (Å²) in [6, 6.07) is 3.55. The molecule has 0 saturated carbocycles. The van der Waals surface area contributed by atoms with Gasteiger partial charge in [0.15, 0.2) is 11.0 Å². The van der Waals surface area contributed by atoms with Crippen LogP contribution >= 0.6 is 11.6 Å². The molecule has 0 amide bonds. The number of pyridine rings is 1. The minimum absolute atomic E-state index is 0.0153. The predicted molar refractivity (Wildman–Crippen MR) is 113 cm³/mol. The molecule has 0 aromatic carbocycles. The number of hydrogen-bond donors (Lipinski definition) is 4. The third kappa shape index (κ3) is 6.46. The quantitative estimate of drug-likeness (QED) is 0.292. The zero-order chi connectivity index (χ0) is 21.4. The smallest absolute Gasteiger partial charge is 0.223 e. The number of aliphatic hydroxyl groups is 2. The summed E-state index contributed by atoms with van der Waals surface area (Å²) < 4.78 is 5.38. The highest BCUT2D eigenvalue weighted by molar-refractivity contribution is 6.31. The normalized spacial score (nSPS) is 12.6. The van der Waals surface area contributed by atoms with Crippen molar-refractivity contribution < 1.29 is 14.9 Å². The lowest BCUT2D eigenvalue weighted by Gasteiger charge is -2.19. The van der Waals surface area contributed by atoms with Gasteiger partial charge in [-0.3, -0.25) is 0 Å². The summed E-state index contributed by atoms with van der Waals surface area (Å²) in [5, 5.41) is 22.6. The van der Waals surface area contributed by atoms with Gasteiger partial charge in [-0.1, -0.05) is 36.8 Å². The van der Waals surface area contributed by atoms with Gasteiger partial charge >= 0.3 is 0 Å². The third-order valence-electron chi connectivity index (χ3n) is 4.25. The molecule has 0 aliphatic rings. The van der Waals surface area contributed by atoms with Crippen LogP contribution in [0.3, 0.4) is 0 Å². The number of anilines is 2. The Morgan fingerprint density at radius 2 is 2.00 bits per heavy atom. The number of ether oxygens (including phenoxy) is 1. The minimum Gasteiger partial charge on any atom is -0.478 e. The summed E-state index contributed by atoms with van der Waals surface area (Å²) in [6.07, 6.45) is 0.119. The van der Waals surface area contributed by atoms with Crippen molar-refractivity contribution in [2.75, 3.05) is 24.3 Å². The highest BCUT2D eigenvalue weighted by Crippen LogP contribution is 2.23. The SMILES string of the molecule is CCOc1ccc(C#Cc2c(Cl)nc(N)nc2NC(O)CC(CC)CO)c(C)n1. The van der Waals surface area contributed by atoms with E-state index in [2.05, 4.69) is 32.1 Å². The van der Waals surface area contributed by atoms with Crippen LogP contribution in [0.15, 0.2) is 12.1 Å². The highest BCUT2D eigenvalue weighted by Gasteiger charge is 2.17. The maximum atomic E-state index is 10.3. The number of rotatable bonds is 8. The summed E-state index contributed by atoms with van der Waals surface area (Å²) in [7, 11) is 0. The fourth-order valence-electron chi connectivity index (χ4n) is 2.60. The number of nitrogens with two attached hydrogens (primary N) is 1. The van der Waals surface area contributed by atoms with E-state index in [1.807, 2.05) is 20.8 Å². The molecule has 2 aromatic heterocycles. The Balaban J connectivity index is 2.31. The van der Waals surface area contributed by atoms with E-state index in [1.54, 1.807) is 12.1 Å². The molecule has 2 atom stereocenters. The lowest BCUT2D eigenvalue weighted by Crippen LogP contribution is -2.25. The lowest BCUT2D eigenvalue weighted by molar-refractivity contribution is 0.132. The first-order valence-electron chi connectivity index (χ1n) is 9.38. The van der Waals surface area contributed by atoms with Crippen LogP contribution in [0, 0.1) is 24.7 Å². The van der Waals surface area contributed by atoms with E-state index in [0.717, 1.165) is 6.42 Å². The summed E-state index contributed by atoms with van der Waals surface area (Å²) in [4.78, 5) is 12.4. The second kappa shape index (κ2) is 10.8. The van der Waals surface area contributed by atoms with Gasteiger partial charge in [0.05, 0.1) is 12.3 Å². The number of nitrogens with zero attached hydrogens (tertiary/aromatic N) is 3. The molecule has 8 nitrogen and oxygen atoms in total. The fraction of sp³-hybridized carbons (Fsp3) is 0.450. The van der Waals surface area contributed by atoms with Crippen molar-refractivity contribution in [1.82, 2.24) is 15.0 Å². The molecule has 2 aromatic rings. The molecule has 0 spiro atoms. The molecule has 0 fully saturated rings. The number of aryl methyl sites for hydroxylation is 1. The van der Waals surface area contributed by atoms with Crippen LogP contribution in [-0.2, 0) is 0 Å². The number of aliphatic hydroxyl groups excluding tert-OH is 2. The summed E-state index contributed by atoms with van der Waals surface area (Å²) in [5.41, 5.74) is 7.41. The molecule has 5 N–H and O–H groups in total. The fourth-order valence-corrected chi connectivity index (χ4v) is 2.82. The van der Waals surface area contributed by atoms with E-state index < -0.39 is 6.23 Å². The zero-order valence-corrected chi connectivity index (χ0v) is 17.5. The number of nitrogens with one attached hydrogen (secondary N) is 1. The van der Waals surface area contributed by atoms with Crippen molar-refractivity contribution >= 4 is 23.4 Å². The van der Waals surface area contributed by atoms with E-state index in [0.29, 0.717) is 35.7 Å². The summed E-state index contributed by atoms with van der Waals surface area (Å²) in [5.74, 6) is 6.62. The molecule has 156 valence electrons. The number of hydrogen-bond acceptors (Lipinski definition) is 8. The molecule has 9 heteroatoms. The van der Waals surface area contributed by atoms with E-state index in [-0.39, 0.29) is 29.4 Å². The predicted octanol–water partition coefficient (Wildman–Crippen LogP) is 2.35. The van der Waals surface area contributed by atoms with Gasteiger partial charge in [-0.05, 0) is 32.3 Å². The van der Waals surface area contributed by atoms with Gasteiger partial charge in [-0.15, -0.1) is 0 Å². The Labute approximate surface area is 175 Å². The molecular weight excluding hydrogens is 394 g/mol. The van der Waals surface area contributed by atoms with Crippen LogP contribution in [0.2, 0.25) is 5.15 Å². The first kappa shape index (κ1) is 22.7. The van der Waals surface area contributed by atoms with E-state index in [4.69, 9.17) is 22.1 Å². The maximum absolute atomic E-state index is 10.3. The van der Waals surface area contributed by atoms with Crippen molar-refractivity contribution in [3.8, 4) is 17.7 Å². The average molecular weight is 420 g/mol. The van der Waals surface area contributed by atoms with Gasteiger partial charge in [0.2, 0.25) is 11.8 Å². The van der Waals surface area contributed by atoms with Crippen LogP contribution in [-0.4, -0.2) is 44.6 Å². The molecule has 2 rings (SSSR count). The Morgan fingerprint density at radius 3 is 2.62 bits per heavy atom. The number of halogens is 1. The maximum Gasteiger partial charge on any atom is 0.223 e. The second-order valence-electron chi connectivity index (χ2n) is 6.41. The van der Waals surface area contributed by atoms with E-state index in [1.165, 1.54) is 0 Å². The Morgan fingerprint density at radius 1 is 1.24 bits per heavy atom. The lowest BCUT2D eigenvalue weighted by atomic mass is 10.0. The second-order valence-corrected chi connectivity index (χ2v) is 6.77. The molecule has 2 heterocycles. The van der Waals surface area contributed by atoms with E-state index in [9.17, 15) is 10.2 Å². The highest BCUT2D eigenvalue weighted by atomic mass is 35.5.